The fourth-order valence-electron chi connectivity index (χ4n) is 1.88. The van der Waals surface area contributed by atoms with Crippen molar-refractivity contribution in [2.45, 2.75) is 18.4 Å². The van der Waals surface area contributed by atoms with Crippen molar-refractivity contribution < 1.29 is 13.2 Å². The maximum atomic E-state index is 12.2. The summed E-state index contributed by atoms with van der Waals surface area (Å²) in [4.78, 5) is 0.224. The lowest BCUT2D eigenvalue weighted by Gasteiger charge is -2.12. The molecular formula is C15H16ClNO3S. The van der Waals surface area contributed by atoms with E-state index in [0.29, 0.717) is 16.3 Å². The van der Waals surface area contributed by atoms with Crippen LogP contribution in [-0.2, 0) is 16.6 Å². The van der Waals surface area contributed by atoms with Crippen LogP contribution in [0.25, 0.3) is 0 Å². The van der Waals surface area contributed by atoms with Gasteiger partial charge >= 0.3 is 0 Å². The Labute approximate surface area is 129 Å². The fourth-order valence-corrected chi connectivity index (χ4v) is 3.09. The van der Waals surface area contributed by atoms with Gasteiger partial charge in [0.15, 0.2) is 0 Å². The summed E-state index contributed by atoms with van der Waals surface area (Å²) in [7, 11) is -2.02. The molecule has 0 aliphatic rings. The van der Waals surface area contributed by atoms with E-state index in [9.17, 15) is 8.42 Å². The smallest absolute Gasteiger partial charge is 0.240 e. The third-order valence-corrected chi connectivity index (χ3v) is 4.89. The Morgan fingerprint density at radius 1 is 1.19 bits per heavy atom. The second-order valence-electron chi connectivity index (χ2n) is 4.55. The number of sulfonamides is 1. The lowest BCUT2D eigenvalue weighted by atomic mass is 10.1. The summed E-state index contributed by atoms with van der Waals surface area (Å²) in [5.74, 6) is 0.604. The van der Waals surface area contributed by atoms with Gasteiger partial charge in [0.1, 0.15) is 5.75 Å². The molecule has 0 saturated heterocycles. The van der Waals surface area contributed by atoms with Gasteiger partial charge in [-0.15, -0.1) is 0 Å². The summed E-state index contributed by atoms with van der Waals surface area (Å²) < 4.78 is 32.1. The van der Waals surface area contributed by atoms with Gasteiger partial charge in [0, 0.05) is 17.1 Å². The largest absolute Gasteiger partial charge is 0.496 e. The zero-order valence-corrected chi connectivity index (χ0v) is 13.3. The molecule has 0 spiro atoms. The predicted octanol–water partition coefficient (Wildman–Crippen LogP) is 3.14. The van der Waals surface area contributed by atoms with Gasteiger partial charge in [0.2, 0.25) is 10.0 Å². The Morgan fingerprint density at radius 3 is 2.48 bits per heavy atom. The number of halogens is 1. The van der Waals surface area contributed by atoms with Crippen molar-refractivity contribution in [3.63, 3.8) is 0 Å². The predicted molar refractivity (Wildman–Crippen MR) is 83.2 cm³/mol. The van der Waals surface area contributed by atoms with Crippen LogP contribution in [0.4, 0.5) is 0 Å². The lowest BCUT2D eigenvalue weighted by Crippen LogP contribution is -2.23. The second kappa shape index (κ2) is 6.47. The number of rotatable bonds is 5. The number of methoxy groups -OCH3 is 1. The Morgan fingerprint density at radius 2 is 1.86 bits per heavy atom. The molecule has 1 N–H and O–H groups in total. The number of nitrogens with one attached hydrogen (secondary N) is 1. The minimum atomic E-state index is -3.56. The third kappa shape index (κ3) is 3.75. The summed E-state index contributed by atoms with van der Waals surface area (Å²) >= 11 is 6.08. The molecule has 2 aromatic carbocycles. The third-order valence-electron chi connectivity index (χ3n) is 3.07. The zero-order valence-electron chi connectivity index (χ0n) is 11.8. The SMILES string of the molecule is COc1cc(C)c(Cl)cc1CNS(=O)(=O)c1ccccc1. The standard InChI is InChI=1S/C15H16ClNO3S/c1-11-8-15(20-2)12(9-14(11)16)10-17-21(18,19)13-6-4-3-5-7-13/h3-9,17H,10H2,1-2H3. The van der Waals surface area contributed by atoms with Gasteiger partial charge in [-0.3, -0.25) is 0 Å². The molecule has 2 aromatic rings. The van der Waals surface area contributed by atoms with Gasteiger partial charge in [-0.1, -0.05) is 29.8 Å². The van der Waals surface area contributed by atoms with Gasteiger partial charge in [0.05, 0.1) is 12.0 Å². The van der Waals surface area contributed by atoms with Crippen LogP contribution in [0.2, 0.25) is 5.02 Å². The molecule has 2 rings (SSSR count). The minimum absolute atomic E-state index is 0.112. The normalized spacial score (nSPS) is 11.4. The Kier molecular flexibility index (Phi) is 4.88. The first-order valence-electron chi connectivity index (χ1n) is 6.32. The van der Waals surface area contributed by atoms with Crippen LogP contribution in [0.5, 0.6) is 5.75 Å². The van der Waals surface area contributed by atoms with Crippen molar-refractivity contribution in [1.82, 2.24) is 4.72 Å². The summed E-state index contributed by atoms with van der Waals surface area (Å²) in [5, 5.41) is 0.574. The van der Waals surface area contributed by atoms with Gasteiger partial charge in [-0.25, -0.2) is 13.1 Å². The topological polar surface area (TPSA) is 55.4 Å². The van der Waals surface area contributed by atoms with Gasteiger partial charge < -0.3 is 4.74 Å². The number of aryl methyl sites for hydroxylation is 1. The first kappa shape index (κ1) is 15.8. The second-order valence-corrected chi connectivity index (χ2v) is 6.72. The summed E-state index contributed by atoms with van der Waals surface area (Å²) in [6, 6.07) is 11.7. The van der Waals surface area contributed by atoms with E-state index in [2.05, 4.69) is 4.72 Å². The Bertz CT molecular complexity index is 730. The van der Waals surface area contributed by atoms with E-state index >= 15 is 0 Å². The molecule has 0 bridgehead atoms. The van der Waals surface area contributed by atoms with Crippen LogP contribution in [0.1, 0.15) is 11.1 Å². The highest BCUT2D eigenvalue weighted by Crippen LogP contribution is 2.26. The molecule has 4 nitrogen and oxygen atoms in total. The van der Waals surface area contributed by atoms with Crippen LogP contribution in [0.3, 0.4) is 0 Å². The van der Waals surface area contributed by atoms with Crippen LogP contribution in [-0.4, -0.2) is 15.5 Å². The summed E-state index contributed by atoms with van der Waals surface area (Å²) in [5.41, 5.74) is 1.57. The minimum Gasteiger partial charge on any atom is -0.496 e. The highest BCUT2D eigenvalue weighted by Gasteiger charge is 2.15. The first-order valence-corrected chi connectivity index (χ1v) is 8.18. The highest BCUT2D eigenvalue weighted by molar-refractivity contribution is 7.89. The highest BCUT2D eigenvalue weighted by atomic mass is 35.5. The molecule has 0 aliphatic carbocycles. The number of benzene rings is 2. The van der Waals surface area contributed by atoms with Gasteiger partial charge in [-0.05, 0) is 36.8 Å². The molecular weight excluding hydrogens is 310 g/mol. The van der Waals surface area contributed by atoms with Crippen LogP contribution >= 0.6 is 11.6 Å². The van der Waals surface area contributed by atoms with Crippen molar-refractivity contribution in [2.24, 2.45) is 0 Å². The van der Waals surface area contributed by atoms with E-state index in [-0.39, 0.29) is 11.4 Å². The molecule has 0 atom stereocenters. The molecule has 0 amide bonds. The van der Waals surface area contributed by atoms with Crippen LogP contribution in [0, 0.1) is 6.92 Å². The van der Waals surface area contributed by atoms with Crippen molar-refractivity contribution in [1.29, 1.82) is 0 Å². The molecule has 0 aliphatic heterocycles. The van der Waals surface area contributed by atoms with Crippen molar-refractivity contribution in [3.05, 3.63) is 58.6 Å². The average Bonchev–Trinajstić information content (AvgIpc) is 2.49. The van der Waals surface area contributed by atoms with E-state index in [4.69, 9.17) is 16.3 Å². The summed E-state index contributed by atoms with van der Waals surface area (Å²) in [6.45, 7) is 1.98. The van der Waals surface area contributed by atoms with Crippen molar-refractivity contribution in [3.8, 4) is 5.75 Å². The van der Waals surface area contributed by atoms with Gasteiger partial charge in [-0.2, -0.15) is 0 Å². The monoisotopic (exact) mass is 325 g/mol. The molecule has 112 valence electrons. The van der Waals surface area contributed by atoms with Gasteiger partial charge in [0.25, 0.3) is 0 Å². The number of hydrogen-bond donors (Lipinski definition) is 1. The van der Waals surface area contributed by atoms with Crippen molar-refractivity contribution in [2.75, 3.05) is 7.11 Å². The average molecular weight is 326 g/mol. The quantitative estimate of drug-likeness (QED) is 0.918. The van der Waals surface area contributed by atoms with Crippen LogP contribution < -0.4 is 9.46 Å². The number of ether oxygens (including phenoxy) is 1. The fraction of sp³-hybridized carbons (Fsp3) is 0.200. The Balaban J connectivity index is 2.22. The first-order chi connectivity index (χ1) is 9.94. The maximum absolute atomic E-state index is 12.2. The molecule has 21 heavy (non-hydrogen) atoms. The van der Waals surface area contributed by atoms with E-state index in [0.717, 1.165) is 5.56 Å². The molecule has 0 aromatic heterocycles. The van der Waals surface area contributed by atoms with E-state index in [1.165, 1.54) is 7.11 Å². The maximum Gasteiger partial charge on any atom is 0.240 e. The van der Waals surface area contributed by atoms with Crippen LogP contribution in [0.15, 0.2) is 47.4 Å². The zero-order chi connectivity index (χ0) is 15.5. The Hall–Kier alpha value is -1.56. The molecule has 0 heterocycles. The molecule has 0 unspecified atom stereocenters. The summed E-state index contributed by atoms with van der Waals surface area (Å²) in [6.07, 6.45) is 0. The van der Waals surface area contributed by atoms with E-state index < -0.39 is 10.0 Å². The van der Waals surface area contributed by atoms with E-state index in [1.807, 2.05) is 6.92 Å². The molecule has 0 radical (unpaired) electrons. The molecule has 0 saturated carbocycles. The van der Waals surface area contributed by atoms with E-state index in [1.54, 1.807) is 42.5 Å². The lowest BCUT2D eigenvalue weighted by molar-refractivity contribution is 0.409. The number of hydrogen-bond acceptors (Lipinski definition) is 3. The molecule has 6 heteroatoms. The molecule has 0 fully saturated rings. The van der Waals surface area contributed by atoms with Crippen molar-refractivity contribution >= 4 is 21.6 Å².